The van der Waals surface area contributed by atoms with E-state index in [1.807, 2.05) is 29.7 Å². The van der Waals surface area contributed by atoms with Gasteiger partial charge in [0.1, 0.15) is 0 Å². The van der Waals surface area contributed by atoms with Crippen molar-refractivity contribution < 1.29 is 0 Å². The summed E-state index contributed by atoms with van der Waals surface area (Å²) in [5.41, 5.74) is 2.03. The van der Waals surface area contributed by atoms with Crippen LogP contribution in [0.15, 0.2) is 53.6 Å². The van der Waals surface area contributed by atoms with Crippen LogP contribution >= 0.6 is 23.1 Å². The molecular formula is C23H26N2S2. The number of benzene rings is 1. The molecule has 0 radical (unpaired) electrons. The molecule has 3 aromatic rings. The lowest BCUT2D eigenvalue weighted by atomic mass is 10.1. The molecule has 140 valence electrons. The average Bonchev–Trinajstić information content (AvgIpc) is 3.18. The number of thiophene rings is 1. The summed E-state index contributed by atoms with van der Waals surface area (Å²) in [5, 5.41) is 0. The molecule has 0 spiro atoms. The summed E-state index contributed by atoms with van der Waals surface area (Å²) in [6.07, 6.45) is 14.6. The third-order valence-corrected chi connectivity index (χ3v) is 6.31. The number of hydrogen-bond donors (Lipinski definition) is 0. The quantitative estimate of drug-likeness (QED) is 0.283. The lowest BCUT2D eigenvalue weighted by Gasteiger charge is -2.05. The molecular weight excluding hydrogens is 368 g/mol. The van der Waals surface area contributed by atoms with E-state index in [1.165, 1.54) is 46.8 Å². The van der Waals surface area contributed by atoms with E-state index in [0.29, 0.717) is 0 Å². The highest BCUT2D eigenvalue weighted by atomic mass is 32.2. The van der Waals surface area contributed by atoms with Crippen LogP contribution in [0.5, 0.6) is 0 Å². The van der Waals surface area contributed by atoms with Crippen LogP contribution in [0.1, 0.15) is 48.1 Å². The fraction of sp³-hybridized carbons (Fsp3) is 0.304. The molecule has 3 rings (SSSR count). The second kappa shape index (κ2) is 10.4. The van der Waals surface area contributed by atoms with E-state index < -0.39 is 0 Å². The van der Waals surface area contributed by atoms with E-state index in [1.54, 1.807) is 11.8 Å². The van der Waals surface area contributed by atoms with Crippen LogP contribution in [0.4, 0.5) is 0 Å². The van der Waals surface area contributed by atoms with Crippen molar-refractivity contribution in [3.05, 3.63) is 64.1 Å². The number of rotatable bonds is 9. The van der Waals surface area contributed by atoms with Gasteiger partial charge in [0.25, 0.3) is 0 Å². The normalized spacial score (nSPS) is 11.3. The standard InChI is InChI=1S/C23H26N2S2/c1-3-4-5-6-9-19-14-15-20(27-19)13-12-18-16-17-24-23(25-18)21-10-7-8-11-22(21)26-2/h7-8,10-17H,3-6,9H2,1-2H3/b13-12+. The minimum atomic E-state index is 0.782. The zero-order chi connectivity index (χ0) is 18.9. The van der Waals surface area contributed by atoms with Gasteiger partial charge in [-0.05, 0) is 55.5 Å². The van der Waals surface area contributed by atoms with E-state index in [-0.39, 0.29) is 0 Å². The first-order valence-corrected chi connectivity index (χ1v) is 11.6. The van der Waals surface area contributed by atoms with Crippen molar-refractivity contribution >= 4 is 35.3 Å². The number of aryl methyl sites for hydroxylation is 1. The van der Waals surface area contributed by atoms with E-state index >= 15 is 0 Å². The van der Waals surface area contributed by atoms with Gasteiger partial charge >= 0.3 is 0 Å². The molecule has 0 amide bonds. The van der Waals surface area contributed by atoms with Gasteiger partial charge in [0.05, 0.1) is 5.69 Å². The number of thioether (sulfide) groups is 1. The molecule has 0 unspecified atom stereocenters. The van der Waals surface area contributed by atoms with Gasteiger partial charge in [-0.3, -0.25) is 0 Å². The Bertz CT molecular complexity index is 883. The Morgan fingerprint density at radius 2 is 1.89 bits per heavy atom. The van der Waals surface area contributed by atoms with Crippen LogP contribution in [-0.2, 0) is 6.42 Å². The van der Waals surface area contributed by atoms with Crippen molar-refractivity contribution in [1.29, 1.82) is 0 Å². The predicted molar refractivity (Wildman–Crippen MR) is 120 cm³/mol. The Morgan fingerprint density at radius 1 is 1.00 bits per heavy atom. The average molecular weight is 395 g/mol. The third-order valence-electron chi connectivity index (χ3n) is 4.40. The highest BCUT2D eigenvalue weighted by Crippen LogP contribution is 2.27. The molecule has 2 aromatic heterocycles. The number of nitrogens with zero attached hydrogens (tertiary/aromatic N) is 2. The van der Waals surface area contributed by atoms with Crippen LogP contribution in [0.2, 0.25) is 0 Å². The smallest absolute Gasteiger partial charge is 0.160 e. The van der Waals surface area contributed by atoms with Gasteiger partial charge in [0, 0.05) is 26.4 Å². The molecule has 0 saturated carbocycles. The number of aromatic nitrogens is 2. The van der Waals surface area contributed by atoms with Gasteiger partial charge in [0.2, 0.25) is 0 Å². The van der Waals surface area contributed by atoms with E-state index in [0.717, 1.165) is 17.1 Å². The second-order valence-electron chi connectivity index (χ2n) is 6.45. The SMILES string of the molecule is CCCCCCc1ccc(/C=C/c2ccnc(-c3ccccc3SC)n2)s1. The molecule has 4 heteroatoms. The first kappa shape index (κ1) is 19.8. The van der Waals surface area contributed by atoms with Crippen LogP contribution < -0.4 is 0 Å². The van der Waals surface area contributed by atoms with E-state index in [9.17, 15) is 0 Å². The zero-order valence-corrected chi connectivity index (χ0v) is 17.7. The van der Waals surface area contributed by atoms with Crippen molar-refractivity contribution in [2.75, 3.05) is 6.26 Å². The summed E-state index contributed by atoms with van der Waals surface area (Å²) < 4.78 is 0. The minimum absolute atomic E-state index is 0.782. The van der Waals surface area contributed by atoms with Gasteiger partial charge in [-0.1, -0.05) is 44.4 Å². The highest BCUT2D eigenvalue weighted by Gasteiger charge is 2.06. The molecule has 2 heterocycles. The fourth-order valence-corrected chi connectivity index (χ4v) is 4.49. The zero-order valence-electron chi connectivity index (χ0n) is 16.0. The lowest BCUT2D eigenvalue weighted by molar-refractivity contribution is 0.670. The molecule has 1 aromatic carbocycles. The monoisotopic (exact) mass is 394 g/mol. The molecule has 0 saturated heterocycles. The molecule has 0 atom stereocenters. The summed E-state index contributed by atoms with van der Waals surface area (Å²) >= 11 is 3.61. The Hall–Kier alpha value is -1.91. The maximum Gasteiger partial charge on any atom is 0.160 e. The topological polar surface area (TPSA) is 25.8 Å². The maximum absolute atomic E-state index is 4.74. The van der Waals surface area contributed by atoms with Crippen molar-refractivity contribution in [3.8, 4) is 11.4 Å². The van der Waals surface area contributed by atoms with E-state index in [2.05, 4.69) is 60.6 Å². The first-order valence-electron chi connectivity index (χ1n) is 9.53. The van der Waals surface area contributed by atoms with Crippen LogP contribution in [-0.4, -0.2) is 16.2 Å². The summed E-state index contributed by atoms with van der Waals surface area (Å²) in [5.74, 6) is 0.782. The molecule has 0 aliphatic rings. The summed E-state index contributed by atoms with van der Waals surface area (Å²) in [4.78, 5) is 13.2. The molecule has 27 heavy (non-hydrogen) atoms. The number of hydrogen-bond acceptors (Lipinski definition) is 4. The highest BCUT2D eigenvalue weighted by molar-refractivity contribution is 7.98. The number of unbranched alkanes of at least 4 members (excludes halogenated alkanes) is 3. The van der Waals surface area contributed by atoms with Gasteiger partial charge in [-0.25, -0.2) is 9.97 Å². The third kappa shape index (κ3) is 5.78. The Labute approximate surface area is 170 Å². The maximum atomic E-state index is 4.74. The van der Waals surface area contributed by atoms with Gasteiger partial charge in [-0.2, -0.15) is 0 Å². The summed E-state index contributed by atoms with van der Waals surface area (Å²) in [6.45, 7) is 2.26. The van der Waals surface area contributed by atoms with Gasteiger partial charge in [-0.15, -0.1) is 23.1 Å². The Kier molecular flexibility index (Phi) is 7.66. The van der Waals surface area contributed by atoms with Crippen molar-refractivity contribution in [1.82, 2.24) is 9.97 Å². The predicted octanol–water partition coefficient (Wildman–Crippen LogP) is 7.22. The first-order chi connectivity index (χ1) is 13.3. The second-order valence-corrected chi connectivity index (χ2v) is 8.50. The summed E-state index contributed by atoms with van der Waals surface area (Å²) in [6, 6.07) is 14.7. The van der Waals surface area contributed by atoms with Crippen LogP contribution in [0.3, 0.4) is 0 Å². The minimum Gasteiger partial charge on any atom is -0.237 e. The molecule has 0 aliphatic heterocycles. The summed E-state index contributed by atoms with van der Waals surface area (Å²) in [7, 11) is 0. The van der Waals surface area contributed by atoms with Crippen molar-refractivity contribution in [2.45, 2.75) is 43.9 Å². The molecule has 0 bridgehead atoms. The molecule has 0 fully saturated rings. The van der Waals surface area contributed by atoms with Crippen molar-refractivity contribution in [3.63, 3.8) is 0 Å². The van der Waals surface area contributed by atoms with Crippen molar-refractivity contribution in [2.24, 2.45) is 0 Å². The van der Waals surface area contributed by atoms with E-state index in [4.69, 9.17) is 4.98 Å². The molecule has 0 aliphatic carbocycles. The molecule has 0 N–H and O–H groups in total. The van der Waals surface area contributed by atoms with Crippen LogP contribution in [0.25, 0.3) is 23.5 Å². The fourth-order valence-electron chi connectivity index (χ4n) is 2.94. The Balaban J connectivity index is 1.68. The van der Waals surface area contributed by atoms with Gasteiger partial charge in [0.15, 0.2) is 5.82 Å². The largest absolute Gasteiger partial charge is 0.237 e. The molecule has 2 nitrogen and oxygen atoms in total. The van der Waals surface area contributed by atoms with Crippen LogP contribution in [0, 0.1) is 0 Å². The Morgan fingerprint density at radius 3 is 2.74 bits per heavy atom. The van der Waals surface area contributed by atoms with Gasteiger partial charge < -0.3 is 0 Å². The lowest BCUT2D eigenvalue weighted by Crippen LogP contribution is -1.92.